The molecule has 0 radical (unpaired) electrons. The second-order valence-electron chi connectivity index (χ2n) is 7.62. The van der Waals surface area contributed by atoms with Crippen molar-refractivity contribution < 1.29 is 18.8 Å². The molecule has 1 unspecified atom stereocenters. The van der Waals surface area contributed by atoms with E-state index in [2.05, 4.69) is 24.2 Å². The zero-order chi connectivity index (χ0) is 18.0. The Morgan fingerprint density at radius 2 is 2.12 bits per heavy atom. The topological polar surface area (TPSA) is 68.0 Å². The summed E-state index contributed by atoms with van der Waals surface area (Å²) in [6.07, 6.45) is 2.02. The lowest BCUT2D eigenvalue weighted by Gasteiger charge is -2.38. The van der Waals surface area contributed by atoms with E-state index in [9.17, 15) is 4.79 Å². The van der Waals surface area contributed by atoms with Crippen molar-refractivity contribution in [1.29, 1.82) is 0 Å². The fourth-order valence-electron chi connectivity index (χ4n) is 4.25. The molecule has 7 heteroatoms. The number of likely N-dealkylation sites (tertiary alicyclic amines) is 1. The summed E-state index contributed by atoms with van der Waals surface area (Å²) in [4.78, 5) is 17.3. The van der Waals surface area contributed by atoms with Gasteiger partial charge in [-0.1, -0.05) is 5.16 Å². The van der Waals surface area contributed by atoms with Crippen LogP contribution in [0.4, 0.5) is 0 Å². The first-order chi connectivity index (χ1) is 12.0. The molecule has 0 N–H and O–H groups in total. The van der Waals surface area contributed by atoms with Gasteiger partial charge in [0.05, 0.1) is 12.2 Å². The van der Waals surface area contributed by atoms with E-state index in [4.69, 9.17) is 14.0 Å². The number of aryl methyl sites for hydroxylation is 1. The van der Waals surface area contributed by atoms with Gasteiger partial charge in [0.25, 0.3) is 5.91 Å². The number of carbonyl (C=O) groups excluding carboxylic acids is 1. The van der Waals surface area contributed by atoms with Gasteiger partial charge in [0.1, 0.15) is 5.76 Å². The van der Waals surface area contributed by atoms with Crippen LogP contribution in [-0.4, -0.2) is 74.9 Å². The first kappa shape index (κ1) is 18.4. The number of carbonyl (C=O) groups is 1. The molecule has 2 aliphatic rings. The minimum atomic E-state index is -0.0453. The van der Waals surface area contributed by atoms with Crippen LogP contribution in [0, 0.1) is 18.3 Å². The van der Waals surface area contributed by atoms with Crippen molar-refractivity contribution in [3.05, 3.63) is 17.0 Å². The van der Waals surface area contributed by atoms with Crippen molar-refractivity contribution in [3.8, 4) is 0 Å². The zero-order valence-electron chi connectivity index (χ0n) is 15.7. The third-order valence-corrected chi connectivity index (χ3v) is 5.65. The maximum absolute atomic E-state index is 13.1. The molecular formula is C18H29N3O4. The highest BCUT2D eigenvalue weighted by molar-refractivity contribution is 5.94. The van der Waals surface area contributed by atoms with Crippen LogP contribution in [0.25, 0.3) is 0 Å². The molecule has 1 aromatic rings. The molecule has 7 nitrogen and oxygen atoms in total. The lowest BCUT2D eigenvalue weighted by molar-refractivity contribution is -0.00455. The molecule has 3 rings (SSSR count). The summed E-state index contributed by atoms with van der Waals surface area (Å²) in [5, 5.41) is 4.02. The number of nitrogens with zero attached hydrogens (tertiary/aromatic N) is 3. The van der Waals surface area contributed by atoms with Crippen LogP contribution >= 0.6 is 0 Å². The molecule has 1 amide bonds. The van der Waals surface area contributed by atoms with Gasteiger partial charge in [-0.15, -0.1) is 0 Å². The van der Waals surface area contributed by atoms with E-state index in [-0.39, 0.29) is 11.3 Å². The van der Waals surface area contributed by atoms with Crippen molar-refractivity contribution in [2.45, 2.75) is 26.4 Å². The third kappa shape index (κ3) is 3.59. The van der Waals surface area contributed by atoms with Gasteiger partial charge in [-0.05, 0) is 45.2 Å². The molecule has 0 aliphatic carbocycles. The van der Waals surface area contributed by atoms with E-state index < -0.39 is 0 Å². The molecule has 2 fully saturated rings. The number of amides is 1. The van der Waals surface area contributed by atoms with Gasteiger partial charge in [-0.25, -0.2) is 0 Å². The van der Waals surface area contributed by atoms with Gasteiger partial charge in [-0.2, -0.15) is 0 Å². The Hall–Kier alpha value is -1.44. The average molecular weight is 351 g/mol. The molecule has 1 atom stereocenters. The van der Waals surface area contributed by atoms with Crippen molar-refractivity contribution in [2.24, 2.45) is 11.3 Å². The van der Waals surface area contributed by atoms with E-state index in [1.807, 2.05) is 11.8 Å². The molecular weight excluding hydrogens is 322 g/mol. The van der Waals surface area contributed by atoms with E-state index in [0.717, 1.165) is 51.3 Å². The van der Waals surface area contributed by atoms with E-state index in [0.29, 0.717) is 24.0 Å². The average Bonchev–Trinajstić information content (AvgIpc) is 3.10. The number of aromatic nitrogens is 1. The predicted molar refractivity (Wildman–Crippen MR) is 92.4 cm³/mol. The summed E-state index contributed by atoms with van der Waals surface area (Å²) in [5.41, 5.74) is 1.30. The monoisotopic (exact) mass is 351 g/mol. The Balaban J connectivity index is 1.82. The summed E-state index contributed by atoms with van der Waals surface area (Å²) in [5.74, 6) is 1.06. The Kier molecular flexibility index (Phi) is 5.46. The summed E-state index contributed by atoms with van der Waals surface area (Å²) >= 11 is 0. The molecule has 2 aliphatic heterocycles. The minimum absolute atomic E-state index is 0.0453. The fourth-order valence-corrected chi connectivity index (χ4v) is 4.25. The van der Waals surface area contributed by atoms with E-state index in [1.165, 1.54) is 0 Å². The molecule has 140 valence electrons. The quantitative estimate of drug-likeness (QED) is 0.802. The molecule has 3 heterocycles. The summed E-state index contributed by atoms with van der Waals surface area (Å²) in [6.45, 7) is 6.23. The van der Waals surface area contributed by atoms with Crippen LogP contribution in [0.15, 0.2) is 4.52 Å². The van der Waals surface area contributed by atoms with Crippen molar-refractivity contribution >= 4 is 5.91 Å². The second kappa shape index (κ2) is 7.43. The fraction of sp³-hybridized carbons (Fsp3) is 0.778. The number of ether oxygens (including phenoxy) is 2. The Morgan fingerprint density at radius 1 is 1.40 bits per heavy atom. The van der Waals surface area contributed by atoms with Crippen LogP contribution < -0.4 is 0 Å². The van der Waals surface area contributed by atoms with Crippen molar-refractivity contribution in [3.63, 3.8) is 0 Å². The molecule has 1 spiro atoms. The Morgan fingerprint density at radius 3 is 2.76 bits per heavy atom. The lowest BCUT2D eigenvalue weighted by Crippen LogP contribution is -2.40. The normalized spacial score (nSPS) is 22.9. The molecule has 0 saturated carbocycles. The lowest BCUT2D eigenvalue weighted by atomic mass is 9.72. The highest BCUT2D eigenvalue weighted by Gasteiger charge is 2.49. The van der Waals surface area contributed by atoms with Crippen LogP contribution in [-0.2, 0) is 16.1 Å². The smallest absolute Gasteiger partial charge is 0.276 e. The van der Waals surface area contributed by atoms with Gasteiger partial charge in [0.15, 0.2) is 5.69 Å². The number of hydrogen-bond acceptors (Lipinski definition) is 6. The van der Waals surface area contributed by atoms with Crippen LogP contribution in [0.1, 0.15) is 34.7 Å². The molecule has 25 heavy (non-hydrogen) atoms. The largest absolute Gasteiger partial charge is 0.381 e. The zero-order valence-corrected chi connectivity index (χ0v) is 15.7. The van der Waals surface area contributed by atoms with Gasteiger partial charge in [-0.3, -0.25) is 4.79 Å². The number of methoxy groups -OCH3 is 1. The van der Waals surface area contributed by atoms with Crippen molar-refractivity contribution in [1.82, 2.24) is 15.0 Å². The first-order valence-electron chi connectivity index (χ1n) is 8.92. The summed E-state index contributed by atoms with van der Waals surface area (Å²) < 4.78 is 16.0. The molecule has 1 aromatic heterocycles. The van der Waals surface area contributed by atoms with Gasteiger partial charge in [0.2, 0.25) is 0 Å². The molecule has 0 bridgehead atoms. The number of rotatable bonds is 5. The van der Waals surface area contributed by atoms with Gasteiger partial charge in [0, 0.05) is 40.0 Å². The standard InChI is InChI=1S/C18H29N3O4/c1-13-15(11-23-4)16(19-25-13)17(22)21-10-14(9-20(2)3)18(12-21)5-7-24-8-6-18/h14H,5-12H2,1-4H3. The molecule has 2 saturated heterocycles. The summed E-state index contributed by atoms with van der Waals surface area (Å²) in [6, 6.07) is 0. The highest BCUT2D eigenvalue weighted by Crippen LogP contribution is 2.44. The predicted octanol–water partition coefficient (Wildman–Crippen LogP) is 1.56. The van der Waals surface area contributed by atoms with Crippen LogP contribution in [0.2, 0.25) is 0 Å². The summed E-state index contributed by atoms with van der Waals surface area (Å²) in [7, 11) is 5.80. The highest BCUT2D eigenvalue weighted by atomic mass is 16.5. The van der Waals surface area contributed by atoms with Crippen LogP contribution in [0.5, 0.6) is 0 Å². The maximum Gasteiger partial charge on any atom is 0.276 e. The van der Waals surface area contributed by atoms with E-state index in [1.54, 1.807) is 7.11 Å². The molecule has 0 aromatic carbocycles. The minimum Gasteiger partial charge on any atom is -0.381 e. The van der Waals surface area contributed by atoms with Gasteiger partial charge < -0.3 is 23.8 Å². The SMILES string of the molecule is COCc1c(C(=O)N2CC(CN(C)C)C3(CCOCC3)C2)noc1C. The van der Waals surface area contributed by atoms with E-state index >= 15 is 0 Å². The van der Waals surface area contributed by atoms with Crippen molar-refractivity contribution in [2.75, 3.05) is 54.1 Å². The second-order valence-corrected chi connectivity index (χ2v) is 7.62. The van der Waals surface area contributed by atoms with Gasteiger partial charge >= 0.3 is 0 Å². The van der Waals surface area contributed by atoms with Crippen LogP contribution in [0.3, 0.4) is 0 Å². The Bertz CT molecular complexity index is 607. The first-order valence-corrected chi connectivity index (χ1v) is 8.92. The maximum atomic E-state index is 13.1. The number of hydrogen-bond donors (Lipinski definition) is 0. The third-order valence-electron chi connectivity index (χ3n) is 5.65. The Labute approximate surface area is 149 Å².